The smallest absolute Gasteiger partial charge is 0.130 e. The Morgan fingerprint density at radius 1 is 1.36 bits per heavy atom. The van der Waals surface area contributed by atoms with Crippen LogP contribution in [-0.4, -0.2) is 0 Å². The minimum Gasteiger partial charge on any atom is -0.206 e. The molecule has 0 fully saturated rings. The van der Waals surface area contributed by atoms with Gasteiger partial charge in [0.05, 0.1) is 11.6 Å². The third-order valence-electron chi connectivity index (χ3n) is 1.97. The van der Waals surface area contributed by atoms with Crippen LogP contribution in [0.5, 0.6) is 0 Å². The van der Waals surface area contributed by atoms with Gasteiger partial charge in [-0.1, -0.05) is 26.8 Å². The van der Waals surface area contributed by atoms with Gasteiger partial charge in [0.1, 0.15) is 5.82 Å². The normalized spacial score (nSPS) is 8.57. The average molecular weight is 193 g/mol. The van der Waals surface area contributed by atoms with Crippen LogP contribution in [0.25, 0.3) is 0 Å². The second-order valence-corrected chi connectivity index (χ2v) is 2.68. The summed E-state index contributed by atoms with van der Waals surface area (Å²) in [7, 11) is 0. The Morgan fingerprint density at radius 3 is 2.36 bits per heavy atom. The third-order valence-corrected chi connectivity index (χ3v) is 1.97. The number of nitrogens with zero attached hydrogens (tertiary/aromatic N) is 1. The van der Waals surface area contributed by atoms with E-state index in [1.807, 2.05) is 26.8 Å². The zero-order chi connectivity index (χ0) is 11.1. The number of nitriles is 1. The van der Waals surface area contributed by atoms with Gasteiger partial charge >= 0.3 is 0 Å². The largest absolute Gasteiger partial charge is 0.206 e. The van der Waals surface area contributed by atoms with Crippen molar-refractivity contribution >= 4 is 0 Å². The molecule has 1 aromatic carbocycles. The standard InChI is InChI=1S/C10H10FN.C2H6/c1-3-8-4-5-9(6-12)7(2)10(8)11;1-2/h4-5H,3H2,1-2H3;1-2H3. The van der Waals surface area contributed by atoms with Crippen molar-refractivity contribution in [2.45, 2.75) is 34.1 Å². The summed E-state index contributed by atoms with van der Waals surface area (Å²) in [6.07, 6.45) is 0.665. The first kappa shape index (κ1) is 12.6. The molecule has 1 nitrogen and oxygen atoms in total. The van der Waals surface area contributed by atoms with E-state index in [9.17, 15) is 4.39 Å². The molecular formula is C12H16FN. The van der Waals surface area contributed by atoms with E-state index in [1.54, 1.807) is 19.1 Å². The van der Waals surface area contributed by atoms with Crippen LogP contribution in [0.2, 0.25) is 0 Å². The van der Waals surface area contributed by atoms with Crippen LogP contribution in [0.4, 0.5) is 4.39 Å². The molecule has 0 aliphatic carbocycles. The molecule has 0 radical (unpaired) electrons. The SMILES string of the molecule is CC.CCc1ccc(C#N)c(C)c1F. The molecule has 76 valence electrons. The Bertz CT molecular complexity index is 337. The zero-order valence-corrected chi connectivity index (χ0v) is 9.19. The van der Waals surface area contributed by atoms with Crippen LogP contribution in [0, 0.1) is 24.1 Å². The Balaban J connectivity index is 0.000000791. The van der Waals surface area contributed by atoms with Gasteiger partial charge in [-0.05, 0) is 25.0 Å². The summed E-state index contributed by atoms with van der Waals surface area (Å²) in [4.78, 5) is 0. The third kappa shape index (κ3) is 2.56. The first-order valence-electron chi connectivity index (χ1n) is 4.88. The number of hydrogen-bond acceptors (Lipinski definition) is 1. The Labute approximate surface area is 85.2 Å². The van der Waals surface area contributed by atoms with E-state index < -0.39 is 0 Å². The summed E-state index contributed by atoms with van der Waals surface area (Å²) in [5.74, 6) is -0.239. The molecule has 0 saturated heterocycles. The fraction of sp³-hybridized carbons (Fsp3) is 0.417. The van der Waals surface area contributed by atoms with Gasteiger partial charge in [0, 0.05) is 5.56 Å². The van der Waals surface area contributed by atoms with Crippen LogP contribution >= 0.6 is 0 Å². The van der Waals surface area contributed by atoms with Gasteiger partial charge in [0.2, 0.25) is 0 Å². The molecule has 0 unspecified atom stereocenters. The second-order valence-electron chi connectivity index (χ2n) is 2.68. The molecule has 0 aliphatic rings. The predicted octanol–water partition coefficient (Wildman–Crippen LogP) is 3.59. The molecule has 0 spiro atoms. The number of hydrogen-bond donors (Lipinski definition) is 0. The molecule has 0 aliphatic heterocycles. The van der Waals surface area contributed by atoms with E-state index >= 15 is 0 Å². The van der Waals surface area contributed by atoms with Gasteiger partial charge in [0.15, 0.2) is 0 Å². The van der Waals surface area contributed by atoms with Crippen molar-refractivity contribution in [3.05, 3.63) is 34.6 Å². The molecule has 0 amide bonds. The number of halogens is 1. The van der Waals surface area contributed by atoms with Crippen LogP contribution < -0.4 is 0 Å². The maximum absolute atomic E-state index is 13.3. The monoisotopic (exact) mass is 193 g/mol. The van der Waals surface area contributed by atoms with Crippen LogP contribution in [0.1, 0.15) is 37.5 Å². The van der Waals surface area contributed by atoms with Crippen LogP contribution in [0.15, 0.2) is 12.1 Å². The van der Waals surface area contributed by atoms with Gasteiger partial charge in [-0.15, -0.1) is 0 Å². The van der Waals surface area contributed by atoms with Crippen molar-refractivity contribution in [2.75, 3.05) is 0 Å². The first-order valence-corrected chi connectivity index (χ1v) is 4.88. The van der Waals surface area contributed by atoms with Crippen molar-refractivity contribution in [3.63, 3.8) is 0 Å². The number of aryl methyl sites for hydroxylation is 1. The van der Waals surface area contributed by atoms with Gasteiger partial charge < -0.3 is 0 Å². The van der Waals surface area contributed by atoms with E-state index in [-0.39, 0.29) is 5.82 Å². The van der Waals surface area contributed by atoms with Gasteiger partial charge in [0.25, 0.3) is 0 Å². The summed E-state index contributed by atoms with van der Waals surface area (Å²) in [5, 5.41) is 8.59. The average Bonchev–Trinajstić information content (AvgIpc) is 2.25. The minimum atomic E-state index is -0.239. The van der Waals surface area contributed by atoms with E-state index in [0.717, 1.165) is 0 Å². The lowest BCUT2D eigenvalue weighted by molar-refractivity contribution is 0.602. The van der Waals surface area contributed by atoms with E-state index in [4.69, 9.17) is 5.26 Å². The molecule has 0 aromatic heterocycles. The minimum absolute atomic E-state index is 0.239. The van der Waals surface area contributed by atoms with Crippen molar-refractivity contribution in [1.82, 2.24) is 0 Å². The fourth-order valence-electron chi connectivity index (χ4n) is 1.14. The lowest BCUT2D eigenvalue weighted by atomic mass is 10.0. The summed E-state index contributed by atoms with van der Waals surface area (Å²) < 4.78 is 13.3. The Morgan fingerprint density at radius 2 is 1.93 bits per heavy atom. The molecule has 0 atom stereocenters. The van der Waals surface area contributed by atoms with Crippen molar-refractivity contribution < 1.29 is 4.39 Å². The van der Waals surface area contributed by atoms with Crippen LogP contribution in [-0.2, 0) is 6.42 Å². The molecule has 14 heavy (non-hydrogen) atoms. The van der Waals surface area contributed by atoms with Crippen molar-refractivity contribution in [3.8, 4) is 6.07 Å². The summed E-state index contributed by atoms with van der Waals surface area (Å²) >= 11 is 0. The lowest BCUT2D eigenvalue weighted by Gasteiger charge is -2.03. The van der Waals surface area contributed by atoms with Gasteiger partial charge in [-0.2, -0.15) is 5.26 Å². The van der Waals surface area contributed by atoms with Crippen LogP contribution in [0.3, 0.4) is 0 Å². The van der Waals surface area contributed by atoms with E-state index in [0.29, 0.717) is 23.1 Å². The lowest BCUT2D eigenvalue weighted by Crippen LogP contribution is -1.94. The fourth-order valence-corrected chi connectivity index (χ4v) is 1.14. The van der Waals surface area contributed by atoms with Gasteiger partial charge in [-0.3, -0.25) is 0 Å². The molecule has 1 rings (SSSR count). The number of rotatable bonds is 1. The highest BCUT2D eigenvalue weighted by molar-refractivity contribution is 5.40. The first-order chi connectivity index (χ1) is 6.70. The highest BCUT2D eigenvalue weighted by Gasteiger charge is 2.06. The molecule has 0 bridgehead atoms. The molecule has 0 saturated carbocycles. The quantitative estimate of drug-likeness (QED) is 0.668. The van der Waals surface area contributed by atoms with Gasteiger partial charge in [-0.25, -0.2) is 4.39 Å². The maximum Gasteiger partial charge on any atom is 0.130 e. The highest BCUT2D eigenvalue weighted by atomic mass is 19.1. The second kappa shape index (κ2) is 6.15. The molecule has 0 heterocycles. The molecular weight excluding hydrogens is 177 g/mol. The number of benzene rings is 1. The summed E-state index contributed by atoms with van der Waals surface area (Å²) in [6, 6.07) is 5.28. The molecule has 1 aromatic rings. The Kier molecular flexibility index (Phi) is 5.55. The zero-order valence-electron chi connectivity index (χ0n) is 9.19. The molecule has 2 heteroatoms. The van der Waals surface area contributed by atoms with Crippen molar-refractivity contribution in [2.24, 2.45) is 0 Å². The predicted molar refractivity (Wildman–Crippen MR) is 56.6 cm³/mol. The summed E-state index contributed by atoms with van der Waals surface area (Å²) in [6.45, 7) is 7.52. The molecule has 0 N–H and O–H groups in total. The topological polar surface area (TPSA) is 23.8 Å². The summed E-state index contributed by atoms with van der Waals surface area (Å²) in [5.41, 5.74) is 1.55. The Hall–Kier alpha value is -1.36. The van der Waals surface area contributed by atoms with Crippen molar-refractivity contribution in [1.29, 1.82) is 5.26 Å². The van der Waals surface area contributed by atoms with E-state index in [2.05, 4.69) is 0 Å². The van der Waals surface area contributed by atoms with E-state index in [1.165, 1.54) is 0 Å². The maximum atomic E-state index is 13.3. The highest BCUT2D eigenvalue weighted by Crippen LogP contribution is 2.16.